The van der Waals surface area contributed by atoms with Gasteiger partial charge in [-0.15, -0.1) is 0 Å². The summed E-state index contributed by atoms with van der Waals surface area (Å²) in [4.78, 5) is 26.1. The summed E-state index contributed by atoms with van der Waals surface area (Å²) < 4.78 is 23.2. The number of hydrogen-bond acceptors (Lipinski definition) is 4. The van der Waals surface area contributed by atoms with E-state index in [1.807, 2.05) is 0 Å². The Morgan fingerprint density at radius 3 is 2.35 bits per heavy atom. The van der Waals surface area contributed by atoms with Gasteiger partial charge in [-0.05, 0) is 37.5 Å². The molecule has 0 aromatic heterocycles. The molecule has 2 fully saturated rings. The van der Waals surface area contributed by atoms with Gasteiger partial charge in [0.25, 0.3) is 0 Å². The molecule has 0 bridgehead atoms. The highest BCUT2D eigenvalue weighted by molar-refractivity contribution is 7.91. The van der Waals surface area contributed by atoms with Crippen molar-refractivity contribution in [2.75, 3.05) is 29.2 Å². The molecule has 1 aromatic carbocycles. The Bertz CT molecular complexity index is 787. The third-order valence-electron chi connectivity index (χ3n) is 5.18. The molecule has 2 N–H and O–H groups in total. The summed E-state index contributed by atoms with van der Waals surface area (Å²) in [7, 11) is -1.44. The van der Waals surface area contributed by atoms with Crippen LogP contribution in [0.15, 0.2) is 24.3 Å². The third kappa shape index (κ3) is 4.55. The van der Waals surface area contributed by atoms with Crippen molar-refractivity contribution >= 4 is 33.2 Å². The second kappa shape index (κ2) is 7.65. The predicted octanol–water partition coefficient (Wildman–Crippen LogP) is 2.47. The van der Waals surface area contributed by atoms with Crippen molar-refractivity contribution in [2.45, 2.75) is 38.1 Å². The highest BCUT2D eigenvalue weighted by Crippen LogP contribution is 2.26. The standard InChI is InChI=1S/C18H25N3O4S/c1-21(16-9-10-26(24,25)12-16)18(23)20-15-8-4-7-14(11-15)19-17(22)13-5-2-3-6-13/h4,7-8,11,13,16H,2-3,5-6,9-10,12H2,1H3,(H,19,22)(H,20,23). The summed E-state index contributed by atoms with van der Waals surface area (Å²) in [6.07, 6.45) is 4.51. The Hall–Kier alpha value is -2.09. The topological polar surface area (TPSA) is 95.6 Å². The van der Waals surface area contributed by atoms with E-state index in [1.165, 1.54) is 4.90 Å². The fraction of sp³-hybridized carbons (Fsp3) is 0.556. The number of carbonyl (C=O) groups excluding carboxylic acids is 2. The van der Waals surface area contributed by atoms with Crippen molar-refractivity contribution in [3.05, 3.63) is 24.3 Å². The number of rotatable bonds is 4. The van der Waals surface area contributed by atoms with Crippen molar-refractivity contribution in [3.63, 3.8) is 0 Å². The molecule has 1 saturated carbocycles. The maximum Gasteiger partial charge on any atom is 0.321 e. The SMILES string of the molecule is CN(C(=O)Nc1cccc(NC(=O)C2CCCC2)c1)C1CCS(=O)(=O)C1. The lowest BCUT2D eigenvalue weighted by Gasteiger charge is -2.23. The number of benzene rings is 1. The number of carbonyl (C=O) groups is 2. The molecule has 7 nitrogen and oxygen atoms in total. The zero-order chi connectivity index (χ0) is 18.7. The molecule has 2 aliphatic rings. The van der Waals surface area contributed by atoms with Crippen LogP contribution in [0.1, 0.15) is 32.1 Å². The lowest BCUT2D eigenvalue weighted by atomic mass is 10.1. The van der Waals surface area contributed by atoms with E-state index in [4.69, 9.17) is 0 Å². The van der Waals surface area contributed by atoms with Gasteiger partial charge in [-0.2, -0.15) is 0 Å². The minimum atomic E-state index is -3.04. The largest absolute Gasteiger partial charge is 0.326 e. The smallest absolute Gasteiger partial charge is 0.321 e. The fourth-order valence-corrected chi connectivity index (χ4v) is 5.34. The van der Waals surface area contributed by atoms with Gasteiger partial charge < -0.3 is 15.5 Å². The molecule has 142 valence electrons. The number of hydrogen-bond donors (Lipinski definition) is 2. The van der Waals surface area contributed by atoms with Crippen molar-refractivity contribution in [3.8, 4) is 0 Å². The van der Waals surface area contributed by atoms with E-state index in [1.54, 1.807) is 31.3 Å². The van der Waals surface area contributed by atoms with Crippen molar-refractivity contribution in [1.29, 1.82) is 0 Å². The van der Waals surface area contributed by atoms with Crippen LogP contribution < -0.4 is 10.6 Å². The van der Waals surface area contributed by atoms with Gasteiger partial charge in [-0.1, -0.05) is 18.9 Å². The zero-order valence-electron chi connectivity index (χ0n) is 14.9. The highest BCUT2D eigenvalue weighted by atomic mass is 32.2. The molecule has 26 heavy (non-hydrogen) atoms. The molecule has 1 unspecified atom stereocenters. The molecule has 1 aliphatic carbocycles. The van der Waals surface area contributed by atoms with Crippen LogP contribution in [0, 0.1) is 5.92 Å². The summed E-state index contributed by atoms with van der Waals surface area (Å²) in [5.41, 5.74) is 1.21. The Labute approximate surface area is 154 Å². The molecule has 1 saturated heterocycles. The summed E-state index contributed by atoms with van der Waals surface area (Å²) >= 11 is 0. The lowest BCUT2D eigenvalue weighted by molar-refractivity contribution is -0.119. The van der Waals surface area contributed by atoms with Gasteiger partial charge in [0.15, 0.2) is 9.84 Å². The van der Waals surface area contributed by atoms with Crippen molar-refractivity contribution in [1.82, 2.24) is 4.90 Å². The Balaban J connectivity index is 1.59. The predicted molar refractivity (Wildman–Crippen MR) is 101 cm³/mol. The maximum absolute atomic E-state index is 12.4. The summed E-state index contributed by atoms with van der Waals surface area (Å²) in [5.74, 6) is 0.231. The van der Waals surface area contributed by atoms with Gasteiger partial charge in [-0.3, -0.25) is 4.79 Å². The number of amides is 3. The van der Waals surface area contributed by atoms with Crippen LogP contribution in [-0.4, -0.2) is 49.9 Å². The van der Waals surface area contributed by atoms with Crippen LogP contribution in [0.3, 0.4) is 0 Å². The van der Waals surface area contributed by atoms with Gasteiger partial charge in [0, 0.05) is 30.4 Å². The lowest BCUT2D eigenvalue weighted by Crippen LogP contribution is -2.40. The second-order valence-corrected chi connectivity index (χ2v) is 9.38. The first-order valence-electron chi connectivity index (χ1n) is 8.99. The highest BCUT2D eigenvalue weighted by Gasteiger charge is 2.32. The number of nitrogens with zero attached hydrogens (tertiary/aromatic N) is 1. The molecule has 1 aromatic rings. The molecule has 3 rings (SSSR count). The van der Waals surface area contributed by atoms with E-state index in [9.17, 15) is 18.0 Å². The molecule has 1 aliphatic heterocycles. The van der Waals surface area contributed by atoms with E-state index in [-0.39, 0.29) is 35.4 Å². The first-order valence-corrected chi connectivity index (χ1v) is 10.8. The first kappa shape index (κ1) is 18.7. The van der Waals surface area contributed by atoms with Crippen LogP contribution in [0.5, 0.6) is 0 Å². The molecule has 1 heterocycles. The van der Waals surface area contributed by atoms with Crippen molar-refractivity contribution in [2.24, 2.45) is 5.92 Å². The molecule has 0 spiro atoms. The van der Waals surface area contributed by atoms with Gasteiger partial charge in [0.1, 0.15) is 0 Å². The summed E-state index contributed by atoms with van der Waals surface area (Å²) in [6, 6.07) is 6.35. The molecular formula is C18H25N3O4S. The number of urea groups is 1. The average Bonchev–Trinajstić information content (AvgIpc) is 3.24. The molecule has 8 heteroatoms. The van der Waals surface area contributed by atoms with Gasteiger partial charge >= 0.3 is 6.03 Å². The minimum absolute atomic E-state index is 0.00834. The monoisotopic (exact) mass is 379 g/mol. The van der Waals surface area contributed by atoms with Crippen LogP contribution in [0.4, 0.5) is 16.2 Å². The van der Waals surface area contributed by atoms with E-state index in [0.29, 0.717) is 17.8 Å². The Morgan fingerprint density at radius 2 is 1.73 bits per heavy atom. The normalized spacial score (nSPS) is 22.1. The molecule has 3 amide bonds. The van der Waals surface area contributed by atoms with Crippen LogP contribution >= 0.6 is 0 Å². The van der Waals surface area contributed by atoms with Crippen LogP contribution in [0.2, 0.25) is 0 Å². The quantitative estimate of drug-likeness (QED) is 0.840. The summed E-state index contributed by atoms with van der Waals surface area (Å²) in [5, 5.41) is 5.68. The zero-order valence-corrected chi connectivity index (χ0v) is 15.7. The summed E-state index contributed by atoms with van der Waals surface area (Å²) in [6.45, 7) is 0. The van der Waals surface area contributed by atoms with E-state index >= 15 is 0 Å². The second-order valence-electron chi connectivity index (χ2n) is 7.15. The van der Waals surface area contributed by atoms with E-state index in [2.05, 4.69) is 10.6 Å². The van der Waals surface area contributed by atoms with Gasteiger partial charge in [0.2, 0.25) is 5.91 Å². The van der Waals surface area contributed by atoms with E-state index in [0.717, 1.165) is 25.7 Å². The number of anilines is 2. The first-order chi connectivity index (χ1) is 12.3. The van der Waals surface area contributed by atoms with Gasteiger partial charge in [0.05, 0.1) is 11.5 Å². The Kier molecular flexibility index (Phi) is 5.50. The fourth-order valence-electron chi connectivity index (χ4n) is 3.57. The average molecular weight is 379 g/mol. The van der Waals surface area contributed by atoms with Crippen LogP contribution in [0.25, 0.3) is 0 Å². The van der Waals surface area contributed by atoms with Gasteiger partial charge in [-0.25, -0.2) is 13.2 Å². The number of nitrogens with one attached hydrogen (secondary N) is 2. The molecular weight excluding hydrogens is 354 g/mol. The molecule has 1 atom stereocenters. The minimum Gasteiger partial charge on any atom is -0.326 e. The number of sulfone groups is 1. The van der Waals surface area contributed by atoms with Crippen molar-refractivity contribution < 1.29 is 18.0 Å². The van der Waals surface area contributed by atoms with Crippen LogP contribution in [-0.2, 0) is 14.6 Å². The Morgan fingerprint density at radius 1 is 1.08 bits per heavy atom. The van der Waals surface area contributed by atoms with E-state index < -0.39 is 9.84 Å². The maximum atomic E-state index is 12.4. The third-order valence-corrected chi connectivity index (χ3v) is 6.93. The molecule has 0 radical (unpaired) electrons.